The molecule has 7 heteroatoms. The van der Waals surface area contributed by atoms with Crippen LogP contribution in [0.4, 0.5) is 10.1 Å². The summed E-state index contributed by atoms with van der Waals surface area (Å²) in [5, 5.41) is 1.91. The number of aryl methyl sites for hydroxylation is 1. The molecule has 2 aromatic carbocycles. The van der Waals surface area contributed by atoms with Crippen LogP contribution in [0.3, 0.4) is 0 Å². The number of benzene rings is 2. The maximum Gasteiger partial charge on any atom is 0.317 e. The first kappa shape index (κ1) is 24.1. The van der Waals surface area contributed by atoms with E-state index in [1.165, 1.54) is 23.5 Å². The van der Waals surface area contributed by atoms with Gasteiger partial charge in [-0.05, 0) is 61.5 Å². The van der Waals surface area contributed by atoms with Crippen LogP contribution in [0.2, 0.25) is 0 Å². The minimum Gasteiger partial charge on any atom is -0.465 e. The molecule has 2 aliphatic rings. The Kier molecular flexibility index (Phi) is 6.58. The molecule has 0 radical (unpaired) electrons. The van der Waals surface area contributed by atoms with E-state index in [2.05, 4.69) is 0 Å². The summed E-state index contributed by atoms with van der Waals surface area (Å²) in [6, 6.07) is 17.3. The van der Waals surface area contributed by atoms with Crippen LogP contribution in [-0.4, -0.2) is 24.3 Å². The van der Waals surface area contributed by atoms with Crippen molar-refractivity contribution in [1.82, 2.24) is 0 Å². The van der Waals surface area contributed by atoms with Gasteiger partial charge in [0.25, 0.3) is 0 Å². The maximum atomic E-state index is 14.2. The number of Topliss-reactive ketones (excluding diaryl/α,β-unsaturated/α-hetero) is 1. The summed E-state index contributed by atoms with van der Waals surface area (Å²) in [6.45, 7) is 3.86. The molecular weight excluding hydrogens is 477 g/mol. The standard InChI is InChI=1S/C29H26FNO4S/c1-3-35-29(34)27-22(24-5-4-14-36-24)15-23-26(28(27)33)21(18-8-10-19(30)11-9-18)16-25(32)31(23)20-12-6-17(2)7-13-20/h4-14,21-22,27H,3,15-16H2,1-2H3/t21-,22+,27-/m0/s1. The molecule has 0 saturated carbocycles. The van der Waals surface area contributed by atoms with Gasteiger partial charge in [-0.25, -0.2) is 4.39 Å². The van der Waals surface area contributed by atoms with Crippen LogP contribution in [0, 0.1) is 18.7 Å². The number of carbonyl (C=O) groups excluding carboxylic acids is 3. The van der Waals surface area contributed by atoms with E-state index in [0.29, 0.717) is 28.9 Å². The SMILES string of the molecule is CCOC(=O)[C@@H]1C(=O)C2=C(C[C@@H]1c1cccs1)N(c1ccc(C)cc1)C(=O)C[C@H]2c1ccc(F)cc1. The zero-order valence-corrected chi connectivity index (χ0v) is 20.9. The van der Waals surface area contributed by atoms with Gasteiger partial charge in [-0.3, -0.25) is 19.3 Å². The largest absolute Gasteiger partial charge is 0.465 e. The molecule has 5 nitrogen and oxygen atoms in total. The first-order valence-electron chi connectivity index (χ1n) is 12.0. The molecule has 0 fully saturated rings. The second-order valence-corrected chi connectivity index (χ2v) is 10.1. The van der Waals surface area contributed by atoms with Crippen molar-refractivity contribution < 1.29 is 23.5 Å². The van der Waals surface area contributed by atoms with Gasteiger partial charge in [-0.2, -0.15) is 0 Å². The normalized spacial score (nSPS) is 22.0. The number of amides is 1. The number of ketones is 1. The highest BCUT2D eigenvalue weighted by atomic mass is 32.1. The smallest absolute Gasteiger partial charge is 0.317 e. The summed E-state index contributed by atoms with van der Waals surface area (Å²) in [4.78, 5) is 43.5. The Labute approximate surface area is 213 Å². The third kappa shape index (κ3) is 4.28. The van der Waals surface area contributed by atoms with Crippen LogP contribution >= 0.6 is 11.3 Å². The minimum absolute atomic E-state index is 0.0449. The van der Waals surface area contributed by atoms with E-state index in [1.54, 1.807) is 24.0 Å². The Morgan fingerprint density at radius 3 is 2.42 bits per heavy atom. The summed E-state index contributed by atoms with van der Waals surface area (Å²) >= 11 is 1.48. The fraction of sp³-hybridized carbons (Fsp3) is 0.276. The Morgan fingerprint density at radius 2 is 1.78 bits per heavy atom. The van der Waals surface area contributed by atoms with Crippen molar-refractivity contribution in [3.05, 3.63) is 99.1 Å². The number of nitrogens with zero attached hydrogens (tertiary/aromatic N) is 1. The van der Waals surface area contributed by atoms with Crippen molar-refractivity contribution in [2.45, 2.75) is 38.5 Å². The molecule has 0 N–H and O–H groups in total. The number of esters is 1. The maximum absolute atomic E-state index is 14.2. The fourth-order valence-corrected chi connectivity index (χ4v) is 6.14. The predicted octanol–water partition coefficient (Wildman–Crippen LogP) is 5.91. The number of halogens is 1. The Hall–Kier alpha value is -3.58. The minimum atomic E-state index is -1.00. The lowest BCUT2D eigenvalue weighted by atomic mass is 9.69. The van der Waals surface area contributed by atoms with Crippen LogP contribution in [-0.2, 0) is 19.1 Å². The van der Waals surface area contributed by atoms with Gasteiger partial charge in [-0.15, -0.1) is 11.3 Å². The lowest BCUT2D eigenvalue weighted by Crippen LogP contribution is -2.46. The number of carbonyl (C=O) groups is 3. The molecule has 0 bridgehead atoms. The summed E-state index contributed by atoms with van der Waals surface area (Å²) in [6.07, 6.45) is 0.381. The molecule has 1 aromatic heterocycles. The molecule has 1 amide bonds. The highest BCUT2D eigenvalue weighted by molar-refractivity contribution is 7.10. The first-order valence-corrected chi connectivity index (χ1v) is 12.9. The third-order valence-electron chi connectivity index (χ3n) is 6.93. The number of ether oxygens (including phenoxy) is 1. The predicted molar refractivity (Wildman–Crippen MR) is 136 cm³/mol. The average molecular weight is 504 g/mol. The molecule has 2 heterocycles. The van der Waals surface area contributed by atoms with Crippen molar-refractivity contribution in [2.75, 3.05) is 11.5 Å². The summed E-state index contributed by atoms with van der Waals surface area (Å²) in [5.74, 6) is -3.42. The summed E-state index contributed by atoms with van der Waals surface area (Å²) < 4.78 is 19.1. The molecule has 1 aliphatic carbocycles. The Balaban J connectivity index is 1.71. The van der Waals surface area contributed by atoms with Gasteiger partial charge in [0.05, 0.1) is 6.61 Å². The lowest BCUT2D eigenvalue weighted by molar-refractivity contribution is -0.152. The monoisotopic (exact) mass is 503 g/mol. The van der Waals surface area contributed by atoms with Crippen molar-refractivity contribution in [3.63, 3.8) is 0 Å². The van der Waals surface area contributed by atoms with Crippen LogP contribution in [0.1, 0.15) is 47.6 Å². The molecule has 0 saturated heterocycles. The average Bonchev–Trinajstić information content (AvgIpc) is 3.40. The lowest BCUT2D eigenvalue weighted by Gasteiger charge is -2.42. The highest BCUT2D eigenvalue weighted by Gasteiger charge is 2.50. The van der Waals surface area contributed by atoms with E-state index >= 15 is 0 Å². The Morgan fingerprint density at radius 1 is 1.06 bits per heavy atom. The van der Waals surface area contributed by atoms with E-state index in [0.717, 1.165) is 10.4 Å². The Bertz CT molecular complexity index is 1330. The van der Waals surface area contributed by atoms with Crippen LogP contribution < -0.4 is 4.90 Å². The molecule has 184 valence electrons. The van der Waals surface area contributed by atoms with Crippen LogP contribution in [0.5, 0.6) is 0 Å². The van der Waals surface area contributed by atoms with Crippen molar-refractivity contribution >= 4 is 34.7 Å². The molecule has 0 spiro atoms. The van der Waals surface area contributed by atoms with Gasteiger partial charge < -0.3 is 4.74 Å². The van der Waals surface area contributed by atoms with Crippen LogP contribution in [0.25, 0.3) is 0 Å². The van der Waals surface area contributed by atoms with Crippen molar-refractivity contribution in [1.29, 1.82) is 0 Å². The first-order chi connectivity index (χ1) is 17.4. The van der Waals surface area contributed by atoms with Crippen molar-refractivity contribution in [3.8, 4) is 0 Å². The van der Waals surface area contributed by atoms with Gasteiger partial charge in [-0.1, -0.05) is 35.9 Å². The van der Waals surface area contributed by atoms with Gasteiger partial charge in [0.2, 0.25) is 5.91 Å². The molecule has 36 heavy (non-hydrogen) atoms. The van der Waals surface area contributed by atoms with E-state index in [-0.39, 0.29) is 24.7 Å². The quantitative estimate of drug-likeness (QED) is 0.321. The fourth-order valence-electron chi connectivity index (χ4n) is 5.28. The summed E-state index contributed by atoms with van der Waals surface area (Å²) in [7, 11) is 0. The van der Waals surface area contributed by atoms with Gasteiger partial charge in [0.15, 0.2) is 5.78 Å². The zero-order valence-electron chi connectivity index (χ0n) is 20.1. The topological polar surface area (TPSA) is 63.7 Å². The number of thiophene rings is 1. The van der Waals surface area contributed by atoms with Crippen LogP contribution in [0.15, 0.2) is 77.3 Å². The number of rotatable bonds is 5. The van der Waals surface area contributed by atoms with Gasteiger partial charge in [0, 0.05) is 40.1 Å². The molecule has 3 aromatic rings. The van der Waals surface area contributed by atoms with E-state index in [9.17, 15) is 18.8 Å². The molecule has 1 aliphatic heterocycles. The van der Waals surface area contributed by atoms with Gasteiger partial charge >= 0.3 is 5.97 Å². The van der Waals surface area contributed by atoms with Crippen molar-refractivity contribution in [2.24, 2.45) is 5.92 Å². The second kappa shape index (κ2) is 9.82. The molecule has 3 atom stereocenters. The van der Waals surface area contributed by atoms with E-state index in [1.807, 2.05) is 48.7 Å². The second-order valence-electron chi connectivity index (χ2n) is 9.15. The number of hydrogen-bond acceptors (Lipinski definition) is 5. The molecule has 0 unspecified atom stereocenters. The summed E-state index contributed by atoms with van der Waals surface area (Å²) in [5.41, 5.74) is 3.45. The molecular formula is C29H26FNO4S. The van der Waals surface area contributed by atoms with E-state index < -0.39 is 29.5 Å². The van der Waals surface area contributed by atoms with E-state index in [4.69, 9.17) is 4.74 Å². The number of allylic oxidation sites excluding steroid dienone is 2. The number of anilines is 1. The highest BCUT2D eigenvalue weighted by Crippen LogP contribution is 2.50. The zero-order chi connectivity index (χ0) is 25.4. The van der Waals surface area contributed by atoms with Gasteiger partial charge in [0.1, 0.15) is 11.7 Å². The number of hydrogen-bond donors (Lipinski definition) is 0. The third-order valence-corrected chi connectivity index (χ3v) is 7.94. The molecule has 5 rings (SSSR count).